The van der Waals surface area contributed by atoms with Crippen LogP contribution in [0.15, 0.2) is 30.3 Å². The van der Waals surface area contributed by atoms with Crippen LogP contribution in [0.3, 0.4) is 0 Å². The lowest BCUT2D eigenvalue weighted by molar-refractivity contribution is -0.137. The molecule has 2 N–H and O–H groups in total. The second kappa shape index (κ2) is 10.2. The van der Waals surface area contributed by atoms with E-state index in [1.807, 2.05) is 0 Å². The molecule has 1 aromatic carbocycles. The molecule has 1 aromatic rings. The first-order chi connectivity index (χ1) is 12.2. The number of rotatable bonds is 7. The van der Waals surface area contributed by atoms with Gasteiger partial charge in [-0.25, -0.2) is 9.59 Å². The highest BCUT2D eigenvalue weighted by Gasteiger charge is 2.15. The molecule has 0 atom stereocenters. The number of carbonyl (C=O) groups is 3. The molecule has 0 spiro atoms. The minimum Gasteiger partial charge on any atom is -0.463 e. The third-order valence-electron chi connectivity index (χ3n) is 2.91. The van der Waals surface area contributed by atoms with E-state index in [0.29, 0.717) is 12.3 Å². The summed E-state index contributed by atoms with van der Waals surface area (Å²) in [5.41, 5.74) is 0.860. The molecular formula is C19H26N2O5. The fourth-order valence-corrected chi connectivity index (χ4v) is 1.85. The van der Waals surface area contributed by atoms with Crippen LogP contribution in [0.1, 0.15) is 39.7 Å². The van der Waals surface area contributed by atoms with Crippen LogP contribution < -0.4 is 10.6 Å². The van der Waals surface area contributed by atoms with E-state index in [4.69, 9.17) is 9.47 Å². The maximum absolute atomic E-state index is 11.9. The van der Waals surface area contributed by atoms with Gasteiger partial charge in [0.05, 0.1) is 6.61 Å². The normalized spacial score (nSPS) is 11.1. The molecule has 7 heteroatoms. The van der Waals surface area contributed by atoms with Crippen LogP contribution in [-0.4, -0.2) is 36.7 Å². The number of amides is 2. The number of benzene rings is 1. The summed E-state index contributed by atoms with van der Waals surface area (Å²) in [5.74, 6) is -0.627. The Morgan fingerprint density at radius 3 is 2.35 bits per heavy atom. The summed E-state index contributed by atoms with van der Waals surface area (Å²) in [6.45, 7) is 7.56. The predicted octanol–water partition coefficient (Wildman–Crippen LogP) is 3.12. The zero-order chi connectivity index (χ0) is 19.6. The van der Waals surface area contributed by atoms with Gasteiger partial charge >= 0.3 is 12.1 Å². The van der Waals surface area contributed by atoms with E-state index in [0.717, 1.165) is 5.56 Å². The molecule has 7 nitrogen and oxygen atoms in total. The lowest BCUT2D eigenvalue weighted by atomic mass is 10.2. The molecule has 0 bridgehead atoms. The molecule has 0 aliphatic rings. The van der Waals surface area contributed by atoms with Crippen molar-refractivity contribution in [2.24, 2.45) is 0 Å². The summed E-state index contributed by atoms with van der Waals surface area (Å²) in [6, 6.07) is 6.99. The van der Waals surface area contributed by atoms with Gasteiger partial charge < -0.3 is 20.1 Å². The molecule has 0 aliphatic heterocycles. The maximum atomic E-state index is 11.9. The number of carbonyl (C=O) groups excluding carboxylic acids is 3. The molecule has 0 heterocycles. The van der Waals surface area contributed by atoms with E-state index in [-0.39, 0.29) is 18.9 Å². The van der Waals surface area contributed by atoms with Gasteiger partial charge in [-0.15, -0.1) is 0 Å². The number of alkyl carbamates (subject to hydrolysis) is 1. The van der Waals surface area contributed by atoms with Gasteiger partial charge in [-0.05, 0) is 51.5 Å². The maximum Gasteiger partial charge on any atom is 0.407 e. The van der Waals surface area contributed by atoms with Crippen LogP contribution in [0.4, 0.5) is 10.5 Å². The zero-order valence-electron chi connectivity index (χ0n) is 15.6. The van der Waals surface area contributed by atoms with E-state index in [1.165, 1.54) is 6.08 Å². The van der Waals surface area contributed by atoms with Crippen LogP contribution in [0.5, 0.6) is 0 Å². The van der Waals surface area contributed by atoms with Crippen molar-refractivity contribution in [3.05, 3.63) is 35.9 Å². The molecule has 2 amide bonds. The summed E-state index contributed by atoms with van der Waals surface area (Å²) >= 11 is 0. The molecule has 0 aromatic heterocycles. The van der Waals surface area contributed by atoms with Crippen molar-refractivity contribution in [2.75, 3.05) is 18.5 Å². The smallest absolute Gasteiger partial charge is 0.407 e. The van der Waals surface area contributed by atoms with Gasteiger partial charge in [0.25, 0.3) is 0 Å². The van der Waals surface area contributed by atoms with Gasteiger partial charge in [-0.3, -0.25) is 4.79 Å². The van der Waals surface area contributed by atoms with Crippen LogP contribution in [-0.2, 0) is 19.1 Å². The van der Waals surface area contributed by atoms with Gasteiger partial charge in [0.2, 0.25) is 5.91 Å². The Morgan fingerprint density at radius 1 is 1.12 bits per heavy atom. The third-order valence-corrected chi connectivity index (χ3v) is 2.91. The molecule has 0 aliphatic carbocycles. The van der Waals surface area contributed by atoms with E-state index in [2.05, 4.69) is 10.6 Å². The Balaban J connectivity index is 2.38. The van der Waals surface area contributed by atoms with Gasteiger partial charge in [0, 0.05) is 24.7 Å². The summed E-state index contributed by atoms with van der Waals surface area (Å²) in [4.78, 5) is 34.6. The second-order valence-corrected chi connectivity index (χ2v) is 6.43. The van der Waals surface area contributed by atoms with Crippen molar-refractivity contribution in [3.8, 4) is 0 Å². The highest BCUT2D eigenvalue weighted by Crippen LogP contribution is 2.11. The average molecular weight is 362 g/mol. The fraction of sp³-hybridized carbons (Fsp3) is 0.421. The molecule has 0 saturated carbocycles. The van der Waals surface area contributed by atoms with Gasteiger partial charge in [0.15, 0.2) is 0 Å². The van der Waals surface area contributed by atoms with Crippen LogP contribution >= 0.6 is 0 Å². The lowest BCUT2D eigenvalue weighted by Crippen LogP contribution is -2.34. The minimum atomic E-state index is -0.574. The Morgan fingerprint density at radius 2 is 1.77 bits per heavy atom. The first-order valence-corrected chi connectivity index (χ1v) is 8.41. The monoisotopic (exact) mass is 362 g/mol. The first-order valence-electron chi connectivity index (χ1n) is 8.41. The predicted molar refractivity (Wildman–Crippen MR) is 99.6 cm³/mol. The van der Waals surface area contributed by atoms with Crippen molar-refractivity contribution < 1.29 is 23.9 Å². The van der Waals surface area contributed by atoms with Crippen molar-refractivity contribution in [2.45, 2.75) is 39.7 Å². The number of nitrogens with one attached hydrogen (secondary N) is 2. The molecule has 26 heavy (non-hydrogen) atoms. The topological polar surface area (TPSA) is 93.7 Å². The van der Waals surface area contributed by atoms with E-state index in [9.17, 15) is 14.4 Å². The number of hydrogen-bond donors (Lipinski definition) is 2. The first kappa shape index (κ1) is 21.2. The quantitative estimate of drug-likeness (QED) is 0.574. The SMILES string of the molecule is CCOC(=O)/C=C/c1ccc(NC(=O)CCNC(=O)OC(C)(C)C)cc1. The zero-order valence-corrected chi connectivity index (χ0v) is 15.6. The summed E-state index contributed by atoms with van der Waals surface area (Å²) in [7, 11) is 0. The van der Waals surface area contributed by atoms with Crippen LogP contribution in [0.2, 0.25) is 0 Å². The van der Waals surface area contributed by atoms with E-state index in [1.54, 1.807) is 58.0 Å². The molecule has 0 radical (unpaired) electrons. The third kappa shape index (κ3) is 9.46. The van der Waals surface area contributed by atoms with Gasteiger partial charge in [0.1, 0.15) is 5.60 Å². The molecule has 1 rings (SSSR count). The standard InChI is InChI=1S/C19H26N2O5/c1-5-25-17(23)11-8-14-6-9-15(10-7-14)21-16(22)12-13-20-18(24)26-19(2,3)4/h6-11H,5,12-13H2,1-4H3,(H,20,24)(H,21,22)/b11-8+. The number of hydrogen-bond acceptors (Lipinski definition) is 5. The van der Waals surface area contributed by atoms with Gasteiger partial charge in [-0.2, -0.15) is 0 Å². The molecule has 142 valence electrons. The summed E-state index contributed by atoms with van der Waals surface area (Å²) < 4.78 is 9.88. The number of anilines is 1. The summed E-state index contributed by atoms with van der Waals surface area (Å²) in [5, 5.41) is 5.26. The van der Waals surface area contributed by atoms with Crippen LogP contribution in [0.25, 0.3) is 6.08 Å². The Labute approximate surface area is 153 Å². The fourth-order valence-electron chi connectivity index (χ4n) is 1.85. The number of ether oxygens (including phenoxy) is 2. The lowest BCUT2D eigenvalue weighted by Gasteiger charge is -2.19. The Kier molecular flexibility index (Phi) is 8.34. The Bertz CT molecular complexity index is 645. The van der Waals surface area contributed by atoms with Crippen molar-refractivity contribution in [3.63, 3.8) is 0 Å². The van der Waals surface area contributed by atoms with Crippen molar-refractivity contribution >= 4 is 29.7 Å². The second-order valence-electron chi connectivity index (χ2n) is 6.43. The number of esters is 1. The van der Waals surface area contributed by atoms with Crippen molar-refractivity contribution in [1.29, 1.82) is 0 Å². The van der Waals surface area contributed by atoms with E-state index >= 15 is 0 Å². The van der Waals surface area contributed by atoms with Gasteiger partial charge in [-0.1, -0.05) is 12.1 Å². The van der Waals surface area contributed by atoms with E-state index < -0.39 is 17.7 Å². The molecule has 0 unspecified atom stereocenters. The van der Waals surface area contributed by atoms with Crippen molar-refractivity contribution in [1.82, 2.24) is 5.32 Å². The highest BCUT2D eigenvalue weighted by molar-refractivity contribution is 5.91. The molecule has 0 saturated heterocycles. The largest absolute Gasteiger partial charge is 0.463 e. The Hall–Kier alpha value is -2.83. The molecular weight excluding hydrogens is 336 g/mol. The average Bonchev–Trinajstić information content (AvgIpc) is 2.53. The minimum absolute atomic E-state index is 0.129. The summed E-state index contributed by atoms with van der Waals surface area (Å²) in [6.07, 6.45) is 2.56. The van der Waals surface area contributed by atoms with Crippen LogP contribution in [0, 0.1) is 0 Å². The highest BCUT2D eigenvalue weighted by atomic mass is 16.6. The molecule has 0 fully saturated rings.